The fourth-order valence-corrected chi connectivity index (χ4v) is 2.95. The van der Waals surface area contributed by atoms with Crippen LogP contribution in [-0.2, 0) is 6.54 Å². The van der Waals surface area contributed by atoms with E-state index in [2.05, 4.69) is 20.6 Å². The van der Waals surface area contributed by atoms with Crippen molar-refractivity contribution in [2.45, 2.75) is 6.54 Å². The molecule has 6 nitrogen and oxygen atoms in total. The number of rotatable bonds is 6. The van der Waals surface area contributed by atoms with Gasteiger partial charge in [-0.15, -0.1) is 0 Å². The third-order valence-corrected chi connectivity index (χ3v) is 4.51. The van der Waals surface area contributed by atoms with Crippen LogP contribution in [0, 0.1) is 5.82 Å². The molecule has 4 rings (SSSR count). The van der Waals surface area contributed by atoms with Crippen molar-refractivity contribution in [3.8, 4) is 5.75 Å². The van der Waals surface area contributed by atoms with Crippen molar-refractivity contribution >= 4 is 34.6 Å². The average molecular weight is 398 g/mol. The van der Waals surface area contributed by atoms with Gasteiger partial charge in [0, 0.05) is 12.2 Å². The normalized spacial score (nSPS) is 10.8. The van der Waals surface area contributed by atoms with E-state index >= 15 is 0 Å². The molecule has 0 aliphatic carbocycles. The first-order valence-electron chi connectivity index (χ1n) is 8.54. The summed E-state index contributed by atoms with van der Waals surface area (Å²) in [7, 11) is 1.63. The number of hydrogen-bond donors (Lipinski definition) is 2. The molecule has 0 radical (unpaired) electrons. The number of nitrogens with zero attached hydrogens (tertiary/aromatic N) is 3. The van der Waals surface area contributed by atoms with E-state index in [1.807, 2.05) is 34.9 Å². The second kappa shape index (κ2) is 7.74. The smallest absolute Gasteiger partial charge is 0.157 e. The van der Waals surface area contributed by atoms with Gasteiger partial charge >= 0.3 is 0 Å². The maximum Gasteiger partial charge on any atom is 0.157 e. The van der Waals surface area contributed by atoms with E-state index in [4.69, 9.17) is 16.3 Å². The van der Waals surface area contributed by atoms with Gasteiger partial charge in [0.1, 0.15) is 23.2 Å². The molecule has 0 atom stereocenters. The molecule has 142 valence electrons. The molecule has 0 amide bonds. The first-order valence-corrected chi connectivity index (χ1v) is 8.92. The van der Waals surface area contributed by atoms with Gasteiger partial charge in [0.25, 0.3) is 0 Å². The van der Waals surface area contributed by atoms with Crippen LogP contribution in [0.4, 0.5) is 21.7 Å². The van der Waals surface area contributed by atoms with E-state index in [0.717, 1.165) is 22.8 Å². The van der Waals surface area contributed by atoms with Crippen molar-refractivity contribution < 1.29 is 9.13 Å². The second-order valence-electron chi connectivity index (χ2n) is 6.10. The Morgan fingerprint density at radius 2 is 1.93 bits per heavy atom. The summed E-state index contributed by atoms with van der Waals surface area (Å²) in [5.41, 5.74) is 2.47. The first-order chi connectivity index (χ1) is 13.6. The number of halogens is 2. The number of nitrogens with one attached hydrogen (secondary N) is 2. The van der Waals surface area contributed by atoms with Gasteiger partial charge in [-0.2, -0.15) is 0 Å². The van der Waals surface area contributed by atoms with Crippen molar-refractivity contribution in [3.63, 3.8) is 0 Å². The SMILES string of the molecule is COc1ccc(Nc2cn3c(NCc4ccc(F)c(Cl)c4)cnc3cn2)cc1. The Morgan fingerprint density at radius 1 is 1.11 bits per heavy atom. The lowest BCUT2D eigenvalue weighted by molar-refractivity contribution is 0.415. The summed E-state index contributed by atoms with van der Waals surface area (Å²) < 4.78 is 20.4. The van der Waals surface area contributed by atoms with Gasteiger partial charge in [0.05, 0.1) is 30.7 Å². The number of aromatic nitrogens is 3. The molecule has 8 heteroatoms. The molecule has 0 spiro atoms. The van der Waals surface area contributed by atoms with Crippen LogP contribution in [0.2, 0.25) is 5.02 Å². The summed E-state index contributed by atoms with van der Waals surface area (Å²) in [5.74, 6) is 1.82. The second-order valence-corrected chi connectivity index (χ2v) is 6.51. The van der Waals surface area contributed by atoms with Crippen molar-refractivity contribution in [2.75, 3.05) is 17.7 Å². The topological polar surface area (TPSA) is 63.5 Å². The van der Waals surface area contributed by atoms with E-state index in [1.165, 1.54) is 6.07 Å². The van der Waals surface area contributed by atoms with Crippen molar-refractivity contribution in [2.24, 2.45) is 0 Å². The monoisotopic (exact) mass is 397 g/mol. The number of fused-ring (bicyclic) bond motifs is 1. The summed E-state index contributed by atoms with van der Waals surface area (Å²) in [4.78, 5) is 8.73. The molecule has 0 fully saturated rings. The highest BCUT2D eigenvalue weighted by Crippen LogP contribution is 2.21. The Hall–Kier alpha value is -3.32. The molecule has 0 aliphatic heterocycles. The maximum absolute atomic E-state index is 13.3. The Kier molecular flexibility index (Phi) is 4.99. The van der Waals surface area contributed by atoms with Crippen LogP contribution in [0.5, 0.6) is 5.75 Å². The van der Waals surface area contributed by atoms with Crippen LogP contribution in [-0.4, -0.2) is 21.5 Å². The van der Waals surface area contributed by atoms with E-state index in [1.54, 1.807) is 31.6 Å². The average Bonchev–Trinajstić information content (AvgIpc) is 3.12. The molecule has 2 heterocycles. The number of methoxy groups -OCH3 is 1. The zero-order valence-corrected chi connectivity index (χ0v) is 15.7. The lowest BCUT2D eigenvalue weighted by Gasteiger charge is -2.09. The standard InChI is InChI=1S/C20H17ClFN5O/c1-28-15-5-3-14(4-6-15)26-18-12-27-19(10-23-18)25-11-20(27)24-9-13-2-7-17(22)16(21)8-13/h2-8,10-12,24,26H,9H2,1H3. The van der Waals surface area contributed by atoms with Gasteiger partial charge in [-0.05, 0) is 42.0 Å². The maximum atomic E-state index is 13.3. The van der Waals surface area contributed by atoms with Crippen LogP contribution in [0.15, 0.2) is 61.1 Å². The summed E-state index contributed by atoms with van der Waals surface area (Å²) in [6.45, 7) is 0.483. The fourth-order valence-electron chi connectivity index (χ4n) is 2.75. The van der Waals surface area contributed by atoms with Crippen LogP contribution < -0.4 is 15.4 Å². The lowest BCUT2D eigenvalue weighted by atomic mass is 10.2. The van der Waals surface area contributed by atoms with Crippen LogP contribution >= 0.6 is 11.6 Å². The molecular weight excluding hydrogens is 381 g/mol. The zero-order chi connectivity index (χ0) is 19.5. The van der Waals surface area contributed by atoms with Gasteiger partial charge in [0.2, 0.25) is 0 Å². The number of hydrogen-bond acceptors (Lipinski definition) is 5. The zero-order valence-electron chi connectivity index (χ0n) is 15.0. The number of imidazole rings is 1. The summed E-state index contributed by atoms with van der Waals surface area (Å²) in [5, 5.41) is 6.64. The van der Waals surface area contributed by atoms with Gasteiger partial charge in [-0.1, -0.05) is 17.7 Å². The van der Waals surface area contributed by atoms with Crippen molar-refractivity contribution in [3.05, 3.63) is 77.5 Å². The van der Waals surface area contributed by atoms with E-state index in [0.29, 0.717) is 18.0 Å². The molecule has 2 aromatic heterocycles. The molecule has 4 aromatic rings. The number of anilines is 3. The van der Waals surface area contributed by atoms with Crippen molar-refractivity contribution in [1.82, 2.24) is 14.4 Å². The fraction of sp³-hybridized carbons (Fsp3) is 0.100. The minimum Gasteiger partial charge on any atom is -0.497 e. The summed E-state index contributed by atoms with van der Waals surface area (Å²) in [6, 6.07) is 12.2. The predicted molar refractivity (Wildman–Crippen MR) is 108 cm³/mol. The Morgan fingerprint density at radius 3 is 2.68 bits per heavy atom. The first kappa shape index (κ1) is 18.1. The highest BCUT2D eigenvalue weighted by molar-refractivity contribution is 6.30. The molecule has 0 unspecified atom stereocenters. The van der Waals surface area contributed by atoms with Gasteiger partial charge in [0.15, 0.2) is 5.65 Å². The molecule has 28 heavy (non-hydrogen) atoms. The van der Waals surface area contributed by atoms with Crippen LogP contribution in [0.25, 0.3) is 5.65 Å². The molecule has 2 N–H and O–H groups in total. The number of benzene rings is 2. The minimum atomic E-state index is -0.430. The largest absolute Gasteiger partial charge is 0.497 e. The Bertz CT molecular complexity index is 1110. The summed E-state index contributed by atoms with van der Waals surface area (Å²) >= 11 is 5.84. The summed E-state index contributed by atoms with van der Waals surface area (Å²) in [6.07, 6.45) is 5.26. The lowest BCUT2D eigenvalue weighted by Crippen LogP contribution is -2.03. The molecule has 0 saturated carbocycles. The highest BCUT2D eigenvalue weighted by Gasteiger charge is 2.07. The quantitative estimate of drug-likeness (QED) is 0.485. The molecule has 0 aliphatic rings. The van der Waals surface area contributed by atoms with E-state index < -0.39 is 5.82 Å². The predicted octanol–water partition coefficient (Wildman–Crippen LogP) is 4.89. The van der Waals surface area contributed by atoms with E-state index in [9.17, 15) is 4.39 Å². The van der Waals surface area contributed by atoms with Gasteiger partial charge < -0.3 is 15.4 Å². The van der Waals surface area contributed by atoms with Crippen LogP contribution in [0.1, 0.15) is 5.56 Å². The molecule has 0 saturated heterocycles. The third-order valence-electron chi connectivity index (χ3n) is 4.22. The number of ether oxygens (including phenoxy) is 1. The Balaban J connectivity index is 1.52. The van der Waals surface area contributed by atoms with E-state index in [-0.39, 0.29) is 5.02 Å². The molecule has 2 aromatic carbocycles. The van der Waals surface area contributed by atoms with Crippen molar-refractivity contribution in [1.29, 1.82) is 0 Å². The molecule has 0 bridgehead atoms. The van der Waals surface area contributed by atoms with Gasteiger partial charge in [-0.25, -0.2) is 14.4 Å². The van der Waals surface area contributed by atoms with Crippen LogP contribution in [0.3, 0.4) is 0 Å². The molecular formula is C20H17ClFN5O. The van der Waals surface area contributed by atoms with Gasteiger partial charge in [-0.3, -0.25) is 4.40 Å². The highest BCUT2D eigenvalue weighted by atomic mass is 35.5. The Labute approximate surface area is 166 Å². The third kappa shape index (κ3) is 3.84. The minimum absolute atomic E-state index is 0.104.